The molecule has 170 valence electrons. The van der Waals surface area contributed by atoms with Crippen molar-refractivity contribution in [3.8, 4) is 0 Å². The zero-order valence-corrected chi connectivity index (χ0v) is 18.8. The molecule has 3 amide bonds. The van der Waals surface area contributed by atoms with E-state index in [9.17, 15) is 14.4 Å². The lowest BCUT2D eigenvalue weighted by atomic mass is 9.94. The first kappa shape index (κ1) is 21.8. The molecule has 8 heteroatoms. The van der Waals surface area contributed by atoms with Crippen LogP contribution in [0.15, 0.2) is 6.07 Å². The minimum Gasteiger partial charge on any atom is -0.351 e. The predicted octanol–water partition coefficient (Wildman–Crippen LogP) is 2.63. The summed E-state index contributed by atoms with van der Waals surface area (Å²) < 4.78 is 1.55. The molecular formula is C23H35N5O3. The molecule has 0 spiro atoms. The van der Waals surface area contributed by atoms with Crippen LogP contribution in [0.5, 0.6) is 0 Å². The second-order valence-electron chi connectivity index (χ2n) is 9.51. The van der Waals surface area contributed by atoms with Crippen molar-refractivity contribution >= 4 is 17.7 Å². The number of nitrogens with one attached hydrogen (secondary N) is 2. The molecule has 0 aromatic carbocycles. The molecule has 0 unspecified atom stereocenters. The second-order valence-corrected chi connectivity index (χ2v) is 9.51. The van der Waals surface area contributed by atoms with E-state index in [1.165, 1.54) is 12.8 Å². The van der Waals surface area contributed by atoms with Gasteiger partial charge in [-0.1, -0.05) is 38.5 Å². The van der Waals surface area contributed by atoms with Crippen LogP contribution in [0.2, 0.25) is 0 Å². The number of nitrogens with zero attached hydrogens (tertiary/aromatic N) is 3. The number of amides is 3. The van der Waals surface area contributed by atoms with Crippen molar-refractivity contribution in [1.82, 2.24) is 25.3 Å². The van der Waals surface area contributed by atoms with Crippen LogP contribution in [0, 0.1) is 0 Å². The summed E-state index contributed by atoms with van der Waals surface area (Å²) in [5, 5.41) is 10.7. The molecule has 3 aliphatic rings. The van der Waals surface area contributed by atoms with Gasteiger partial charge in [-0.15, -0.1) is 0 Å². The number of aromatic nitrogens is 2. The van der Waals surface area contributed by atoms with Crippen molar-refractivity contribution in [3.05, 3.63) is 17.5 Å². The van der Waals surface area contributed by atoms with Crippen LogP contribution < -0.4 is 10.6 Å². The molecule has 0 radical (unpaired) electrons. The van der Waals surface area contributed by atoms with Gasteiger partial charge in [-0.3, -0.25) is 19.1 Å². The predicted molar refractivity (Wildman–Crippen MR) is 117 cm³/mol. The van der Waals surface area contributed by atoms with E-state index in [0.29, 0.717) is 12.2 Å². The molecule has 31 heavy (non-hydrogen) atoms. The minimum absolute atomic E-state index is 0.139. The highest BCUT2D eigenvalue weighted by atomic mass is 16.2. The van der Waals surface area contributed by atoms with E-state index in [2.05, 4.69) is 15.7 Å². The van der Waals surface area contributed by atoms with Gasteiger partial charge in [0.1, 0.15) is 11.2 Å². The Labute approximate surface area is 184 Å². The second kappa shape index (κ2) is 9.01. The lowest BCUT2D eigenvalue weighted by Crippen LogP contribution is -2.64. The zero-order chi connectivity index (χ0) is 22.0. The molecule has 2 fully saturated rings. The number of carbonyl (C=O) groups excluding carboxylic acids is 3. The van der Waals surface area contributed by atoms with Crippen molar-refractivity contribution < 1.29 is 14.4 Å². The minimum atomic E-state index is -1.03. The Kier molecular flexibility index (Phi) is 6.34. The summed E-state index contributed by atoms with van der Waals surface area (Å²) in [6.45, 7) is 4.35. The quantitative estimate of drug-likeness (QED) is 0.703. The number of hydrogen-bond acceptors (Lipinski definition) is 4. The Morgan fingerprint density at radius 2 is 1.61 bits per heavy atom. The van der Waals surface area contributed by atoms with Gasteiger partial charge in [0.15, 0.2) is 5.69 Å². The Morgan fingerprint density at radius 1 is 1.03 bits per heavy atom. The summed E-state index contributed by atoms with van der Waals surface area (Å²) in [5.41, 5.74) is -0.397. The lowest BCUT2D eigenvalue weighted by Gasteiger charge is -2.43. The maximum atomic E-state index is 13.2. The maximum Gasteiger partial charge on any atom is 0.273 e. The summed E-state index contributed by atoms with van der Waals surface area (Å²) in [7, 11) is 0. The largest absolute Gasteiger partial charge is 0.351 e. The molecule has 1 aliphatic heterocycles. The average Bonchev–Trinajstić information content (AvgIpc) is 3.33. The van der Waals surface area contributed by atoms with Crippen molar-refractivity contribution in [2.75, 3.05) is 6.54 Å². The molecular weight excluding hydrogens is 394 g/mol. The van der Waals surface area contributed by atoms with Gasteiger partial charge < -0.3 is 15.5 Å². The first-order valence-corrected chi connectivity index (χ1v) is 11.9. The Hall–Kier alpha value is -2.38. The summed E-state index contributed by atoms with van der Waals surface area (Å²) in [5.74, 6) is -0.624. The molecule has 2 N–H and O–H groups in total. The SMILES string of the molecule is CCN1C(=O)c2cc(C(=O)NC3CCCCCC3)nn2C[C@@]1(C)C(=O)NC1CCCC1. The van der Waals surface area contributed by atoms with Crippen LogP contribution in [0.3, 0.4) is 0 Å². The number of rotatable bonds is 5. The van der Waals surface area contributed by atoms with Gasteiger partial charge in [-0.2, -0.15) is 5.10 Å². The van der Waals surface area contributed by atoms with E-state index in [0.717, 1.165) is 51.4 Å². The molecule has 1 atom stereocenters. The highest BCUT2D eigenvalue weighted by molar-refractivity contribution is 6.02. The van der Waals surface area contributed by atoms with Crippen LogP contribution in [0.1, 0.15) is 99.0 Å². The third kappa shape index (κ3) is 4.34. The van der Waals surface area contributed by atoms with E-state index in [4.69, 9.17) is 0 Å². The highest BCUT2D eigenvalue weighted by Gasteiger charge is 2.48. The first-order chi connectivity index (χ1) is 14.9. The van der Waals surface area contributed by atoms with E-state index in [1.807, 2.05) is 6.92 Å². The summed E-state index contributed by atoms with van der Waals surface area (Å²) in [6, 6.07) is 1.92. The van der Waals surface area contributed by atoms with E-state index >= 15 is 0 Å². The number of likely N-dealkylation sites (N-methyl/N-ethyl adjacent to an activating group) is 1. The Balaban J connectivity index is 1.52. The third-order valence-electron chi connectivity index (χ3n) is 7.22. The normalized spacial score (nSPS) is 25.2. The highest BCUT2D eigenvalue weighted by Crippen LogP contribution is 2.29. The fraction of sp³-hybridized carbons (Fsp3) is 0.739. The fourth-order valence-corrected chi connectivity index (χ4v) is 5.34. The average molecular weight is 430 g/mol. The van der Waals surface area contributed by atoms with Gasteiger partial charge in [-0.05, 0) is 39.5 Å². The van der Waals surface area contributed by atoms with Crippen molar-refractivity contribution in [2.45, 2.75) is 102 Å². The molecule has 1 aromatic rings. The molecule has 4 rings (SSSR count). The van der Waals surface area contributed by atoms with Gasteiger partial charge in [0, 0.05) is 24.7 Å². The lowest BCUT2D eigenvalue weighted by molar-refractivity contribution is -0.133. The third-order valence-corrected chi connectivity index (χ3v) is 7.22. The van der Waals surface area contributed by atoms with E-state index < -0.39 is 5.54 Å². The summed E-state index contributed by atoms with van der Waals surface area (Å²) in [4.78, 5) is 40.9. The van der Waals surface area contributed by atoms with Crippen LogP contribution in [-0.2, 0) is 11.3 Å². The van der Waals surface area contributed by atoms with Crippen LogP contribution in [0.4, 0.5) is 0 Å². The maximum absolute atomic E-state index is 13.2. The Morgan fingerprint density at radius 3 is 2.23 bits per heavy atom. The van der Waals surface area contributed by atoms with Gasteiger partial charge in [0.25, 0.3) is 11.8 Å². The molecule has 8 nitrogen and oxygen atoms in total. The van der Waals surface area contributed by atoms with Crippen LogP contribution in [0.25, 0.3) is 0 Å². The fourth-order valence-electron chi connectivity index (χ4n) is 5.34. The van der Waals surface area contributed by atoms with Crippen LogP contribution in [-0.4, -0.2) is 56.6 Å². The molecule has 2 heterocycles. The van der Waals surface area contributed by atoms with Gasteiger partial charge >= 0.3 is 0 Å². The molecule has 0 bridgehead atoms. The monoisotopic (exact) mass is 429 g/mol. The zero-order valence-electron chi connectivity index (χ0n) is 18.8. The van der Waals surface area contributed by atoms with Gasteiger partial charge in [0.05, 0.1) is 6.54 Å². The smallest absolute Gasteiger partial charge is 0.273 e. The van der Waals surface area contributed by atoms with Gasteiger partial charge in [0.2, 0.25) is 5.91 Å². The van der Waals surface area contributed by atoms with E-state index in [1.54, 1.807) is 22.6 Å². The number of fused-ring (bicyclic) bond motifs is 1. The first-order valence-electron chi connectivity index (χ1n) is 11.9. The molecule has 2 aliphatic carbocycles. The van der Waals surface area contributed by atoms with Crippen molar-refractivity contribution in [3.63, 3.8) is 0 Å². The number of hydrogen-bond donors (Lipinski definition) is 2. The van der Waals surface area contributed by atoms with E-state index in [-0.39, 0.29) is 42.0 Å². The summed E-state index contributed by atoms with van der Waals surface area (Å²) in [6.07, 6.45) is 10.9. The Bertz CT molecular complexity index is 836. The topological polar surface area (TPSA) is 96.3 Å². The summed E-state index contributed by atoms with van der Waals surface area (Å²) >= 11 is 0. The van der Waals surface area contributed by atoms with Crippen molar-refractivity contribution in [1.29, 1.82) is 0 Å². The standard InChI is InChI=1S/C23H35N5O3/c1-3-27-21(30)19-14-18(20(29)24-16-10-6-4-5-7-11-16)26-28(19)15-23(27,2)22(31)25-17-12-8-9-13-17/h14,16-17H,3-13,15H2,1-2H3,(H,24,29)(H,25,31)/t23-/m0/s1. The van der Waals surface area contributed by atoms with Gasteiger partial charge in [-0.25, -0.2) is 0 Å². The molecule has 1 aromatic heterocycles. The molecule has 0 saturated heterocycles. The number of carbonyl (C=O) groups is 3. The molecule has 2 saturated carbocycles. The van der Waals surface area contributed by atoms with Crippen LogP contribution >= 0.6 is 0 Å². The van der Waals surface area contributed by atoms with Crippen molar-refractivity contribution in [2.24, 2.45) is 0 Å².